The van der Waals surface area contributed by atoms with E-state index < -0.39 is 22.6 Å². The van der Waals surface area contributed by atoms with Crippen LogP contribution < -0.4 is 0 Å². The highest BCUT2D eigenvalue weighted by Crippen LogP contribution is 2.31. The molecular formula is C24H25F2N5O2S. The van der Waals surface area contributed by atoms with Gasteiger partial charge in [-0.3, -0.25) is 14.5 Å². The highest BCUT2D eigenvalue weighted by molar-refractivity contribution is 7.89. The number of para-hydroxylation sites is 3. The van der Waals surface area contributed by atoms with Crippen molar-refractivity contribution in [2.24, 2.45) is 0 Å². The Kier molecular flexibility index (Phi) is 5.83. The molecule has 1 atom stereocenters. The number of halogens is 2. The van der Waals surface area contributed by atoms with Gasteiger partial charge in [0, 0.05) is 37.8 Å². The van der Waals surface area contributed by atoms with Crippen molar-refractivity contribution in [2.45, 2.75) is 31.3 Å². The second kappa shape index (κ2) is 8.68. The van der Waals surface area contributed by atoms with E-state index in [0.29, 0.717) is 29.6 Å². The molecule has 1 saturated heterocycles. The van der Waals surface area contributed by atoms with Gasteiger partial charge in [0.05, 0.1) is 22.6 Å². The smallest absolute Gasteiger partial charge is 0.291 e. The van der Waals surface area contributed by atoms with Gasteiger partial charge in [-0.05, 0) is 43.7 Å². The summed E-state index contributed by atoms with van der Waals surface area (Å²) in [6.45, 7) is 2.36. The minimum absolute atomic E-state index is 0.186. The van der Waals surface area contributed by atoms with Crippen molar-refractivity contribution in [1.29, 1.82) is 0 Å². The maximum atomic E-state index is 13.9. The molecule has 3 heterocycles. The number of benzene rings is 2. The second-order valence-corrected chi connectivity index (χ2v) is 10.5. The lowest BCUT2D eigenvalue weighted by Gasteiger charge is -2.37. The summed E-state index contributed by atoms with van der Waals surface area (Å²) in [7, 11) is -3.75. The Hall–Kier alpha value is -2.95. The molecule has 1 aliphatic rings. The van der Waals surface area contributed by atoms with Gasteiger partial charge in [-0.25, -0.2) is 13.4 Å². The first-order valence-electron chi connectivity index (χ1n) is 11.1. The standard InChI is InChI=1S/C24H25F2N5O2S/c1-16-14-18-6-5-9-21(22(18)27-15-16)34(32,33)30-12-10-29(11-13-30)17(2)23-28-19-7-3-4-8-20(19)31(23)24(25)26/h3-9,14-15,17,24H,10-13H2,1-2H3. The molecule has 34 heavy (non-hydrogen) atoms. The van der Waals surface area contributed by atoms with E-state index in [1.807, 2.05) is 30.9 Å². The fraction of sp³-hybridized carbons (Fsp3) is 0.333. The number of nitrogens with zero attached hydrogens (tertiary/aromatic N) is 5. The van der Waals surface area contributed by atoms with Crippen molar-refractivity contribution in [3.8, 4) is 0 Å². The molecule has 1 aliphatic heterocycles. The normalized spacial score (nSPS) is 17.1. The predicted octanol–water partition coefficient (Wildman–Crippen LogP) is 4.36. The molecule has 0 aliphatic carbocycles. The molecule has 1 unspecified atom stereocenters. The molecule has 0 N–H and O–H groups in total. The van der Waals surface area contributed by atoms with Crippen LogP contribution in [0.25, 0.3) is 21.9 Å². The van der Waals surface area contributed by atoms with Gasteiger partial charge in [-0.2, -0.15) is 13.1 Å². The number of fused-ring (bicyclic) bond motifs is 2. The summed E-state index contributed by atoms with van der Waals surface area (Å²) >= 11 is 0. The average Bonchev–Trinajstić information content (AvgIpc) is 3.23. The van der Waals surface area contributed by atoms with Gasteiger partial charge >= 0.3 is 6.55 Å². The van der Waals surface area contributed by atoms with E-state index >= 15 is 0 Å². The third-order valence-corrected chi connectivity index (χ3v) is 8.37. The molecule has 2 aromatic carbocycles. The number of imidazole rings is 1. The molecule has 1 fully saturated rings. The number of hydrogen-bond acceptors (Lipinski definition) is 5. The first kappa shape index (κ1) is 22.8. The summed E-state index contributed by atoms with van der Waals surface area (Å²) in [5.41, 5.74) is 2.32. The van der Waals surface area contributed by atoms with Crippen molar-refractivity contribution >= 4 is 32.0 Å². The number of aromatic nitrogens is 3. The van der Waals surface area contributed by atoms with Crippen molar-refractivity contribution in [2.75, 3.05) is 26.2 Å². The second-order valence-electron chi connectivity index (χ2n) is 8.56. The maximum Gasteiger partial charge on any atom is 0.320 e. The average molecular weight is 486 g/mol. The third-order valence-electron chi connectivity index (χ3n) is 6.44. The van der Waals surface area contributed by atoms with Crippen LogP contribution in [0.4, 0.5) is 8.78 Å². The number of aryl methyl sites for hydroxylation is 1. The van der Waals surface area contributed by atoms with Gasteiger partial charge in [-0.15, -0.1) is 0 Å². The van der Waals surface area contributed by atoms with Crippen LogP contribution in [0.3, 0.4) is 0 Å². The van der Waals surface area contributed by atoms with Crippen LogP contribution in [-0.4, -0.2) is 58.3 Å². The fourth-order valence-electron chi connectivity index (χ4n) is 4.65. The van der Waals surface area contributed by atoms with Crippen molar-refractivity contribution < 1.29 is 17.2 Å². The Morgan fingerprint density at radius 3 is 2.47 bits per heavy atom. The van der Waals surface area contributed by atoms with Crippen LogP contribution in [0.15, 0.2) is 59.6 Å². The Bertz CT molecular complexity index is 1460. The summed E-state index contributed by atoms with van der Waals surface area (Å²) in [6, 6.07) is 13.5. The van der Waals surface area contributed by atoms with Crippen LogP contribution in [0.2, 0.25) is 0 Å². The lowest BCUT2D eigenvalue weighted by molar-refractivity contribution is 0.0616. The van der Waals surface area contributed by atoms with Crippen molar-refractivity contribution in [3.63, 3.8) is 0 Å². The van der Waals surface area contributed by atoms with Crippen LogP contribution in [0.5, 0.6) is 0 Å². The van der Waals surface area contributed by atoms with Crippen LogP contribution in [-0.2, 0) is 10.0 Å². The molecule has 5 rings (SSSR count). The van der Waals surface area contributed by atoms with E-state index in [1.54, 1.807) is 42.6 Å². The van der Waals surface area contributed by atoms with Gasteiger partial charge < -0.3 is 0 Å². The highest BCUT2D eigenvalue weighted by atomic mass is 32.2. The van der Waals surface area contributed by atoms with E-state index in [4.69, 9.17) is 0 Å². The number of piperazine rings is 1. The highest BCUT2D eigenvalue weighted by Gasteiger charge is 2.33. The largest absolute Gasteiger partial charge is 0.320 e. The van der Waals surface area contributed by atoms with Gasteiger partial charge in [0.2, 0.25) is 10.0 Å². The summed E-state index contributed by atoms with van der Waals surface area (Å²) in [4.78, 5) is 11.0. The summed E-state index contributed by atoms with van der Waals surface area (Å²) in [5.74, 6) is 0.279. The van der Waals surface area contributed by atoms with E-state index in [0.717, 1.165) is 15.5 Å². The first-order chi connectivity index (χ1) is 16.3. The molecule has 4 aromatic rings. The number of hydrogen-bond donors (Lipinski definition) is 0. The maximum absolute atomic E-state index is 13.9. The molecule has 0 radical (unpaired) electrons. The summed E-state index contributed by atoms with van der Waals surface area (Å²) in [6.07, 6.45) is 1.66. The number of sulfonamides is 1. The van der Waals surface area contributed by atoms with Crippen molar-refractivity contribution in [3.05, 3.63) is 66.1 Å². The lowest BCUT2D eigenvalue weighted by Crippen LogP contribution is -2.49. The number of pyridine rings is 1. The monoisotopic (exact) mass is 485 g/mol. The predicted molar refractivity (Wildman–Crippen MR) is 126 cm³/mol. The first-order valence-corrected chi connectivity index (χ1v) is 12.6. The minimum Gasteiger partial charge on any atom is -0.291 e. The zero-order chi connectivity index (χ0) is 24.0. The molecule has 0 amide bonds. The zero-order valence-electron chi connectivity index (χ0n) is 18.9. The Balaban J connectivity index is 1.38. The summed E-state index contributed by atoms with van der Waals surface area (Å²) < 4.78 is 57.1. The quantitative estimate of drug-likeness (QED) is 0.420. The lowest BCUT2D eigenvalue weighted by atomic mass is 10.2. The Morgan fingerprint density at radius 1 is 1.00 bits per heavy atom. The van der Waals surface area contributed by atoms with Gasteiger partial charge in [0.15, 0.2) is 0 Å². The molecule has 0 spiro atoms. The number of alkyl halides is 2. The van der Waals surface area contributed by atoms with E-state index in [2.05, 4.69) is 9.97 Å². The molecule has 10 heteroatoms. The topological polar surface area (TPSA) is 71.3 Å². The van der Waals surface area contributed by atoms with E-state index in [1.165, 1.54) is 4.31 Å². The van der Waals surface area contributed by atoms with Gasteiger partial charge in [0.25, 0.3) is 0 Å². The van der Waals surface area contributed by atoms with Crippen LogP contribution in [0, 0.1) is 6.92 Å². The molecule has 0 saturated carbocycles. The third kappa shape index (κ3) is 3.85. The molecular weight excluding hydrogens is 460 g/mol. The SMILES string of the molecule is Cc1cnc2c(S(=O)(=O)N3CCN(C(C)c4nc5ccccc5n4C(F)F)CC3)cccc2c1. The number of rotatable bonds is 5. The van der Waals surface area contributed by atoms with Crippen molar-refractivity contribution in [1.82, 2.24) is 23.7 Å². The molecule has 178 valence electrons. The fourth-order valence-corrected chi connectivity index (χ4v) is 6.24. The van der Waals surface area contributed by atoms with E-state index in [9.17, 15) is 17.2 Å². The Labute approximate surface area is 196 Å². The molecule has 7 nitrogen and oxygen atoms in total. The zero-order valence-corrected chi connectivity index (χ0v) is 19.7. The van der Waals surface area contributed by atoms with E-state index in [-0.39, 0.29) is 23.8 Å². The molecule has 0 bridgehead atoms. The van der Waals surface area contributed by atoms with Crippen LogP contribution >= 0.6 is 0 Å². The summed E-state index contributed by atoms with van der Waals surface area (Å²) in [5, 5.41) is 0.777. The molecule has 2 aromatic heterocycles. The Morgan fingerprint density at radius 2 is 1.74 bits per heavy atom. The van der Waals surface area contributed by atoms with Gasteiger partial charge in [0.1, 0.15) is 10.7 Å². The minimum atomic E-state index is -3.75. The van der Waals surface area contributed by atoms with Crippen LogP contribution in [0.1, 0.15) is 30.9 Å². The van der Waals surface area contributed by atoms with Gasteiger partial charge in [-0.1, -0.05) is 24.3 Å².